The summed E-state index contributed by atoms with van der Waals surface area (Å²) in [6, 6.07) is 10.7. The fourth-order valence-electron chi connectivity index (χ4n) is 1.72. The van der Waals surface area contributed by atoms with E-state index < -0.39 is 5.97 Å². The number of pyridine rings is 1. The molecule has 1 aromatic carbocycles. The van der Waals surface area contributed by atoms with Gasteiger partial charge in [0.15, 0.2) is 0 Å². The number of aromatic carboxylic acids is 1. The van der Waals surface area contributed by atoms with E-state index in [9.17, 15) is 4.79 Å². The molecule has 18 heavy (non-hydrogen) atoms. The number of hydrogen-bond donors (Lipinski definition) is 1. The van der Waals surface area contributed by atoms with Gasteiger partial charge in [-0.1, -0.05) is 0 Å². The average Bonchev–Trinajstić information content (AvgIpc) is 2.38. The summed E-state index contributed by atoms with van der Waals surface area (Å²) in [5, 5.41) is 8.85. The van der Waals surface area contributed by atoms with Crippen LogP contribution in [0.1, 0.15) is 16.1 Å². The Morgan fingerprint density at radius 3 is 2.39 bits per heavy atom. The molecule has 1 N–H and O–H groups in total. The lowest BCUT2D eigenvalue weighted by Gasteiger charge is -2.19. The van der Waals surface area contributed by atoms with Gasteiger partial charge in [-0.25, -0.2) is 4.79 Å². The van der Waals surface area contributed by atoms with Gasteiger partial charge in [-0.2, -0.15) is 0 Å². The quantitative estimate of drug-likeness (QED) is 0.899. The summed E-state index contributed by atoms with van der Waals surface area (Å²) in [5.74, 6) is -0.913. The minimum absolute atomic E-state index is 0.290. The van der Waals surface area contributed by atoms with Crippen LogP contribution < -0.4 is 4.90 Å². The van der Waals surface area contributed by atoms with E-state index in [0.29, 0.717) is 0 Å². The fourth-order valence-corrected chi connectivity index (χ4v) is 1.72. The number of nitrogens with zero attached hydrogens (tertiary/aromatic N) is 2. The molecule has 1 aromatic heterocycles. The maximum Gasteiger partial charge on any atom is 0.335 e. The van der Waals surface area contributed by atoms with Crippen molar-refractivity contribution in [1.82, 2.24) is 4.98 Å². The van der Waals surface area contributed by atoms with E-state index in [1.165, 1.54) is 0 Å². The Morgan fingerprint density at radius 2 is 1.83 bits per heavy atom. The van der Waals surface area contributed by atoms with Gasteiger partial charge in [0.2, 0.25) is 0 Å². The maximum atomic E-state index is 10.8. The number of carboxylic acids is 1. The molecule has 0 atom stereocenters. The van der Waals surface area contributed by atoms with Crippen molar-refractivity contribution < 1.29 is 9.90 Å². The molecule has 92 valence electrons. The SMILES string of the molecule is Cc1cc(N(C)c2ccc(C(=O)O)cc2)ccn1. The van der Waals surface area contributed by atoms with Crippen LogP contribution in [0.5, 0.6) is 0 Å². The van der Waals surface area contributed by atoms with Crippen LogP contribution in [-0.4, -0.2) is 23.1 Å². The first-order valence-electron chi connectivity index (χ1n) is 5.57. The van der Waals surface area contributed by atoms with Gasteiger partial charge in [0, 0.05) is 30.3 Å². The summed E-state index contributed by atoms with van der Waals surface area (Å²) in [6.45, 7) is 1.94. The Kier molecular flexibility index (Phi) is 3.28. The van der Waals surface area contributed by atoms with Crippen LogP contribution in [0.2, 0.25) is 0 Å². The molecule has 0 radical (unpaired) electrons. The molecule has 0 saturated carbocycles. The van der Waals surface area contributed by atoms with E-state index in [0.717, 1.165) is 17.1 Å². The average molecular weight is 242 g/mol. The number of hydrogen-bond acceptors (Lipinski definition) is 3. The van der Waals surface area contributed by atoms with E-state index in [1.807, 2.05) is 31.0 Å². The van der Waals surface area contributed by atoms with Crippen LogP contribution in [-0.2, 0) is 0 Å². The Labute approximate surface area is 106 Å². The molecule has 0 saturated heterocycles. The van der Waals surface area contributed by atoms with Crippen molar-refractivity contribution in [3.63, 3.8) is 0 Å². The lowest BCUT2D eigenvalue weighted by molar-refractivity contribution is 0.0697. The first kappa shape index (κ1) is 12.1. The highest BCUT2D eigenvalue weighted by molar-refractivity contribution is 5.88. The zero-order valence-electron chi connectivity index (χ0n) is 10.3. The van der Waals surface area contributed by atoms with Crippen molar-refractivity contribution in [2.24, 2.45) is 0 Å². The van der Waals surface area contributed by atoms with E-state index in [-0.39, 0.29) is 5.56 Å². The predicted molar refractivity (Wildman–Crippen MR) is 70.4 cm³/mol. The maximum absolute atomic E-state index is 10.8. The van der Waals surface area contributed by atoms with Crippen LogP contribution in [0.25, 0.3) is 0 Å². The van der Waals surface area contributed by atoms with Crippen LogP contribution in [0.3, 0.4) is 0 Å². The molecule has 0 bridgehead atoms. The lowest BCUT2D eigenvalue weighted by atomic mass is 10.2. The second-order valence-electron chi connectivity index (χ2n) is 4.07. The van der Waals surface area contributed by atoms with Gasteiger partial charge in [0.05, 0.1) is 5.56 Å². The second-order valence-corrected chi connectivity index (χ2v) is 4.07. The molecule has 2 rings (SSSR count). The highest BCUT2D eigenvalue weighted by Gasteiger charge is 2.06. The summed E-state index contributed by atoms with van der Waals surface area (Å²) >= 11 is 0. The lowest BCUT2D eigenvalue weighted by Crippen LogP contribution is -2.10. The third-order valence-corrected chi connectivity index (χ3v) is 2.77. The van der Waals surface area contributed by atoms with Crippen LogP contribution in [0.4, 0.5) is 11.4 Å². The molecule has 0 spiro atoms. The van der Waals surface area contributed by atoms with Crippen molar-refractivity contribution in [3.8, 4) is 0 Å². The molecule has 2 aromatic rings. The topological polar surface area (TPSA) is 53.4 Å². The van der Waals surface area contributed by atoms with E-state index in [1.54, 1.807) is 30.5 Å². The largest absolute Gasteiger partial charge is 0.478 e. The van der Waals surface area contributed by atoms with Gasteiger partial charge in [0.1, 0.15) is 0 Å². The number of anilines is 2. The van der Waals surface area contributed by atoms with Gasteiger partial charge in [-0.15, -0.1) is 0 Å². The number of rotatable bonds is 3. The van der Waals surface area contributed by atoms with E-state index in [2.05, 4.69) is 4.98 Å². The number of carbonyl (C=O) groups is 1. The van der Waals surface area contributed by atoms with Gasteiger partial charge in [0.25, 0.3) is 0 Å². The second kappa shape index (κ2) is 4.87. The Bertz CT molecular complexity index is 564. The van der Waals surface area contributed by atoms with E-state index >= 15 is 0 Å². The molecule has 0 aliphatic rings. The zero-order chi connectivity index (χ0) is 13.1. The Hall–Kier alpha value is -2.36. The zero-order valence-corrected chi connectivity index (χ0v) is 10.3. The molecule has 0 unspecified atom stereocenters. The molecule has 4 nitrogen and oxygen atoms in total. The minimum atomic E-state index is -0.913. The van der Waals surface area contributed by atoms with Crippen molar-refractivity contribution in [2.75, 3.05) is 11.9 Å². The molecule has 0 aliphatic carbocycles. The monoisotopic (exact) mass is 242 g/mol. The molecule has 0 amide bonds. The van der Waals surface area contributed by atoms with Crippen LogP contribution in [0, 0.1) is 6.92 Å². The van der Waals surface area contributed by atoms with Gasteiger partial charge >= 0.3 is 5.97 Å². The third kappa shape index (κ3) is 2.48. The predicted octanol–water partition coefficient (Wildman–Crippen LogP) is 2.86. The van der Waals surface area contributed by atoms with Crippen molar-refractivity contribution >= 4 is 17.3 Å². The highest BCUT2D eigenvalue weighted by atomic mass is 16.4. The van der Waals surface area contributed by atoms with Crippen molar-refractivity contribution in [1.29, 1.82) is 0 Å². The summed E-state index contributed by atoms with van der Waals surface area (Å²) in [4.78, 5) is 16.9. The summed E-state index contributed by atoms with van der Waals surface area (Å²) in [5.41, 5.74) is 3.19. The molecule has 1 heterocycles. The minimum Gasteiger partial charge on any atom is -0.478 e. The normalized spacial score (nSPS) is 10.1. The standard InChI is InChI=1S/C14H14N2O2/c1-10-9-13(7-8-15-10)16(2)12-5-3-11(4-6-12)14(17)18/h3-9H,1-2H3,(H,17,18). The number of benzene rings is 1. The Morgan fingerprint density at radius 1 is 1.17 bits per heavy atom. The molecule has 0 aliphatic heterocycles. The summed E-state index contributed by atoms with van der Waals surface area (Å²) in [7, 11) is 1.94. The summed E-state index contributed by atoms with van der Waals surface area (Å²) < 4.78 is 0. The third-order valence-electron chi connectivity index (χ3n) is 2.77. The van der Waals surface area contributed by atoms with Crippen molar-refractivity contribution in [2.45, 2.75) is 6.92 Å². The highest BCUT2D eigenvalue weighted by Crippen LogP contribution is 2.23. The fraction of sp³-hybridized carbons (Fsp3) is 0.143. The summed E-state index contributed by atoms with van der Waals surface area (Å²) in [6.07, 6.45) is 1.76. The van der Waals surface area contributed by atoms with Crippen LogP contribution in [0.15, 0.2) is 42.6 Å². The first-order valence-corrected chi connectivity index (χ1v) is 5.57. The van der Waals surface area contributed by atoms with Gasteiger partial charge < -0.3 is 10.0 Å². The van der Waals surface area contributed by atoms with E-state index in [4.69, 9.17) is 5.11 Å². The number of aryl methyl sites for hydroxylation is 1. The first-order chi connectivity index (χ1) is 8.58. The smallest absolute Gasteiger partial charge is 0.335 e. The number of aromatic nitrogens is 1. The molecular formula is C14H14N2O2. The molecular weight excluding hydrogens is 228 g/mol. The number of carboxylic acid groups (broad SMARTS) is 1. The van der Waals surface area contributed by atoms with Crippen molar-refractivity contribution in [3.05, 3.63) is 53.9 Å². The van der Waals surface area contributed by atoms with Gasteiger partial charge in [-0.05, 0) is 43.3 Å². The van der Waals surface area contributed by atoms with Gasteiger partial charge in [-0.3, -0.25) is 4.98 Å². The Balaban J connectivity index is 2.28. The molecule has 4 heteroatoms. The van der Waals surface area contributed by atoms with Crippen LogP contribution >= 0.6 is 0 Å². The molecule has 0 fully saturated rings.